The summed E-state index contributed by atoms with van der Waals surface area (Å²) in [7, 11) is 2.16. The highest BCUT2D eigenvalue weighted by atomic mass is 35.6. The van der Waals surface area contributed by atoms with Crippen molar-refractivity contribution in [2.45, 2.75) is 40.2 Å². The largest absolute Gasteiger partial charge is 0.468 e. The van der Waals surface area contributed by atoms with Crippen LogP contribution in [0.5, 0.6) is 0 Å². The number of carbonyl (C=O) groups excluding carboxylic acids is 6. The van der Waals surface area contributed by atoms with E-state index in [0.29, 0.717) is 0 Å². The molecule has 1 aromatic rings. The zero-order valence-electron chi connectivity index (χ0n) is 22.1. The lowest BCUT2D eigenvalue weighted by Gasteiger charge is -2.57. The van der Waals surface area contributed by atoms with E-state index in [2.05, 4.69) is 5.32 Å². The smallest absolute Gasteiger partial charge is 0.320 e. The van der Waals surface area contributed by atoms with Crippen molar-refractivity contribution < 1.29 is 47.7 Å². The Hall–Kier alpha value is -2.26. The van der Waals surface area contributed by atoms with Crippen molar-refractivity contribution in [3.8, 4) is 0 Å². The Balaban J connectivity index is 1.96. The van der Waals surface area contributed by atoms with Crippen LogP contribution in [-0.2, 0) is 54.1 Å². The standard InChI is InChI=1S/C24H27Cl3N2O10S2/c1-12(30)38-10-23(22(35)39-11-24(25,26)27)9-29-18(32)17(28-16(31)7-13-5-4-6-40-13)19(29)41-15(23)8-14(20(33)36-2)21(34)37-3/h4-6,14-15,17,19H,7-11H2,1-3H3,(H,28,31)/t15?,17?,19-,23?/m1/s1. The van der Waals surface area contributed by atoms with E-state index in [-0.39, 0.29) is 25.3 Å². The van der Waals surface area contributed by atoms with Crippen LogP contribution >= 0.6 is 57.9 Å². The second kappa shape index (κ2) is 13.8. The summed E-state index contributed by atoms with van der Waals surface area (Å²) in [6, 6.07) is 2.64. The normalized spacial score (nSPS) is 23.6. The Morgan fingerprint density at radius 3 is 2.34 bits per heavy atom. The first-order valence-electron chi connectivity index (χ1n) is 12.0. The molecule has 41 heavy (non-hydrogen) atoms. The van der Waals surface area contributed by atoms with Crippen LogP contribution in [0.3, 0.4) is 0 Å². The van der Waals surface area contributed by atoms with Gasteiger partial charge in [0.2, 0.25) is 15.6 Å². The number of halogens is 3. The van der Waals surface area contributed by atoms with Gasteiger partial charge in [-0.1, -0.05) is 40.9 Å². The molecule has 0 saturated carbocycles. The van der Waals surface area contributed by atoms with Crippen molar-refractivity contribution in [1.29, 1.82) is 0 Å². The minimum Gasteiger partial charge on any atom is -0.468 e. The quantitative estimate of drug-likeness (QED) is 0.120. The van der Waals surface area contributed by atoms with Crippen LogP contribution in [0.1, 0.15) is 18.2 Å². The fraction of sp³-hybridized carbons (Fsp3) is 0.583. The molecule has 12 nitrogen and oxygen atoms in total. The number of ether oxygens (including phenoxy) is 4. The molecule has 3 heterocycles. The predicted octanol–water partition coefficient (Wildman–Crippen LogP) is 1.87. The van der Waals surface area contributed by atoms with E-state index < -0.39 is 74.8 Å². The molecular formula is C24H27Cl3N2O10S2. The Morgan fingerprint density at radius 1 is 1.15 bits per heavy atom. The molecule has 2 saturated heterocycles. The van der Waals surface area contributed by atoms with Gasteiger partial charge < -0.3 is 29.2 Å². The third-order valence-electron chi connectivity index (χ3n) is 6.47. The average molecular weight is 674 g/mol. The van der Waals surface area contributed by atoms with Crippen LogP contribution in [0.2, 0.25) is 0 Å². The van der Waals surface area contributed by atoms with Gasteiger partial charge in [0.05, 0.1) is 20.6 Å². The van der Waals surface area contributed by atoms with Gasteiger partial charge in [0, 0.05) is 23.6 Å². The molecule has 1 N–H and O–H groups in total. The lowest BCUT2D eigenvalue weighted by atomic mass is 9.78. The molecule has 3 unspecified atom stereocenters. The van der Waals surface area contributed by atoms with Crippen LogP contribution in [0, 0.1) is 11.3 Å². The number of thiophene rings is 1. The van der Waals surface area contributed by atoms with Crippen molar-refractivity contribution >= 4 is 93.6 Å². The van der Waals surface area contributed by atoms with E-state index in [9.17, 15) is 28.8 Å². The number of amides is 2. The van der Waals surface area contributed by atoms with Crippen molar-refractivity contribution in [2.75, 3.05) is 34.0 Å². The summed E-state index contributed by atoms with van der Waals surface area (Å²) < 4.78 is 18.1. The molecule has 0 aliphatic carbocycles. The van der Waals surface area contributed by atoms with Gasteiger partial charge >= 0.3 is 23.9 Å². The summed E-state index contributed by atoms with van der Waals surface area (Å²) >= 11 is 19.7. The number of methoxy groups -OCH3 is 2. The van der Waals surface area contributed by atoms with Crippen molar-refractivity contribution in [1.82, 2.24) is 10.2 Å². The van der Waals surface area contributed by atoms with Gasteiger partial charge in [0.25, 0.3) is 0 Å². The number of rotatable bonds is 11. The Morgan fingerprint density at radius 2 is 1.80 bits per heavy atom. The number of alkyl halides is 3. The number of hydrogen-bond donors (Lipinski definition) is 1. The van der Waals surface area contributed by atoms with Gasteiger partial charge in [-0.3, -0.25) is 28.8 Å². The maximum absolute atomic E-state index is 13.6. The third-order valence-corrected chi connectivity index (χ3v) is 9.45. The van der Waals surface area contributed by atoms with Crippen LogP contribution in [-0.4, -0.2) is 95.0 Å². The van der Waals surface area contributed by atoms with Gasteiger partial charge in [-0.05, 0) is 17.9 Å². The van der Waals surface area contributed by atoms with Crippen LogP contribution in [0.4, 0.5) is 0 Å². The number of nitrogens with one attached hydrogen (secondary N) is 1. The van der Waals surface area contributed by atoms with Crippen LogP contribution in [0.25, 0.3) is 0 Å². The fourth-order valence-electron chi connectivity index (χ4n) is 4.46. The molecule has 0 aromatic carbocycles. The van der Waals surface area contributed by atoms with E-state index >= 15 is 0 Å². The second-order valence-corrected chi connectivity index (χ2v) is 14.1. The van der Waals surface area contributed by atoms with Gasteiger partial charge in [-0.2, -0.15) is 0 Å². The average Bonchev–Trinajstić information content (AvgIpc) is 3.43. The van der Waals surface area contributed by atoms with E-state index in [1.165, 1.54) is 16.2 Å². The second-order valence-electron chi connectivity index (χ2n) is 9.25. The third kappa shape index (κ3) is 7.98. The highest BCUT2D eigenvalue weighted by Crippen LogP contribution is 2.50. The molecule has 2 aliphatic rings. The molecule has 4 atom stereocenters. The maximum Gasteiger partial charge on any atom is 0.320 e. The SMILES string of the molecule is COC(=O)C(CC1S[C@@H]2C(NC(=O)Cc3cccs3)C(=O)N2CC1(COC(C)=O)C(=O)OCC(Cl)(Cl)Cl)C(=O)OC. The van der Waals surface area contributed by atoms with Gasteiger partial charge in [-0.25, -0.2) is 0 Å². The zero-order chi connectivity index (χ0) is 30.5. The van der Waals surface area contributed by atoms with Crippen molar-refractivity contribution in [2.24, 2.45) is 11.3 Å². The molecule has 1 aromatic heterocycles. The molecule has 17 heteroatoms. The number of esters is 4. The Kier molecular flexibility index (Phi) is 11.2. The van der Waals surface area contributed by atoms with E-state index in [1.807, 2.05) is 5.38 Å². The number of nitrogens with zero attached hydrogens (tertiary/aromatic N) is 1. The minimum atomic E-state index is -1.98. The van der Waals surface area contributed by atoms with Crippen LogP contribution < -0.4 is 5.32 Å². The number of fused-ring (bicyclic) bond motifs is 1. The summed E-state index contributed by atoms with van der Waals surface area (Å²) in [4.78, 5) is 78.5. The number of thioether (sulfide) groups is 1. The first kappa shape index (κ1) is 33.2. The number of β-lactam (4-membered cyclic amide) rings is 1. The van der Waals surface area contributed by atoms with E-state index in [1.54, 1.807) is 12.1 Å². The first-order chi connectivity index (χ1) is 19.2. The molecule has 226 valence electrons. The fourth-order valence-corrected chi connectivity index (χ4v) is 7.13. The van der Waals surface area contributed by atoms with Crippen molar-refractivity contribution in [3.05, 3.63) is 22.4 Å². The molecule has 0 bridgehead atoms. The van der Waals surface area contributed by atoms with Crippen molar-refractivity contribution in [3.63, 3.8) is 0 Å². The van der Waals surface area contributed by atoms with E-state index in [0.717, 1.165) is 37.8 Å². The van der Waals surface area contributed by atoms with Gasteiger partial charge in [0.1, 0.15) is 30.0 Å². The highest BCUT2D eigenvalue weighted by Gasteiger charge is 2.63. The molecule has 2 aliphatic heterocycles. The highest BCUT2D eigenvalue weighted by molar-refractivity contribution is 8.00. The molecule has 2 fully saturated rings. The Bertz CT molecular complexity index is 1160. The monoisotopic (exact) mass is 672 g/mol. The lowest BCUT2D eigenvalue weighted by molar-refractivity contribution is -0.173. The lowest BCUT2D eigenvalue weighted by Crippen LogP contribution is -2.75. The summed E-state index contributed by atoms with van der Waals surface area (Å²) in [6.45, 7) is -0.480. The zero-order valence-corrected chi connectivity index (χ0v) is 26.0. The summed E-state index contributed by atoms with van der Waals surface area (Å²) in [5.41, 5.74) is -1.80. The molecule has 0 spiro atoms. The summed E-state index contributed by atoms with van der Waals surface area (Å²) in [6.07, 6.45) is -0.267. The summed E-state index contributed by atoms with van der Waals surface area (Å²) in [5, 5.41) is 2.86. The first-order valence-corrected chi connectivity index (χ1v) is 15.0. The summed E-state index contributed by atoms with van der Waals surface area (Å²) in [5.74, 6) is -5.94. The molecule has 2 amide bonds. The Labute approximate surface area is 258 Å². The topological polar surface area (TPSA) is 155 Å². The van der Waals surface area contributed by atoms with Gasteiger partial charge in [-0.15, -0.1) is 23.1 Å². The molecule has 0 radical (unpaired) electrons. The predicted molar refractivity (Wildman–Crippen MR) is 149 cm³/mol. The number of carbonyl (C=O) groups is 6. The molecular weight excluding hydrogens is 647 g/mol. The molecule has 3 rings (SSSR count). The van der Waals surface area contributed by atoms with E-state index in [4.69, 9.17) is 53.8 Å². The minimum absolute atomic E-state index is 0.0642. The van der Waals surface area contributed by atoms with Gasteiger partial charge in [0.15, 0.2) is 5.92 Å². The van der Waals surface area contributed by atoms with Crippen LogP contribution in [0.15, 0.2) is 17.5 Å². The number of hydrogen-bond acceptors (Lipinski definition) is 12. The maximum atomic E-state index is 13.6.